The number of aromatic nitrogens is 2. The molecule has 0 aliphatic carbocycles. The molecular weight excluding hydrogens is 340 g/mol. The van der Waals surface area contributed by atoms with Gasteiger partial charge in [0, 0.05) is 26.7 Å². The van der Waals surface area contributed by atoms with Gasteiger partial charge >= 0.3 is 0 Å². The van der Waals surface area contributed by atoms with Crippen molar-refractivity contribution >= 4 is 22.4 Å². The molecule has 0 aliphatic heterocycles. The second-order valence-electron chi connectivity index (χ2n) is 4.60. The number of ether oxygens (including phenoxy) is 1. The lowest BCUT2D eigenvalue weighted by molar-refractivity contribution is 0.199. The zero-order valence-electron chi connectivity index (χ0n) is 12.8. The van der Waals surface area contributed by atoms with E-state index in [0.29, 0.717) is 26.2 Å². The number of methoxy groups -OCH3 is 1. The highest BCUT2D eigenvalue weighted by molar-refractivity contribution is 7.89. The fourth-order valence-corrected chi connectivity index (χ4v) is 2.79. The van der Waals surface area contributed by atoms with Crippen LogP contribution in [-0.4, -0.2) is 51.5 Å². The van der Waals surface area contributed by atoms with Gasteiger partial charge in [0.25, 0.3) is 0 Å². The van der Waals surface area contributed by atoms with Crippen molar-refractivity contribution in [1.82, 2.24) is 19.8 Å². The van der Waals surface area contributed by atoms with Crippen molar-refractivity contribution in [3.8, 4) is 5.69 Å². The number of nitrogens with zero attached hydrogens (tertiary/aromatic N) is 2. The number of hydrogen-bond acceptors (Lipinski definition) is 5. The van der Waals surface area contributed by atoms with Gasteiger partial charge in [-0.3, -0.25) is 0 Å². The van der Waals surface area contributed by atoms with E-state index in [1.54, 1.807) is 7.11 Å². The highest BCUT2D eigenvalue weighted by Gasteiger charge is 2.16. The first kappa shape index (κ1) is 19.6. The number of hydrogen-bond donors (Lipinski definition) is 2. The maximum absolute atomic E-state index is 12.1. The van der Waals surface area contributed by atoms with E-state index in [9.17, 15) is 8.42 Å². The maximum Gasteiger partial charge on any atom is 0.243 e. The summed E-state index contributed by atoms with van der Waals surface area (Å²) in [4.78, 5) is 0.147. The van der Waals surface area contributed by atoms with E-state index in [1.165, 1.54) is 17.1 Å². The normalized spacial score (nSPS) is 11.2. The van der Waals surface area contributed by atoms with Gasteiger partial charge in [0.1, 0.15) is 4.90 Å². The highest BCUT2D eigenvalue weighted by Crippen LogP contribution is 2.11. The average Bonchev–Trinajstić information content (AvgIpc) is 3.02. The molecule has 0 bridgehead atoms. The van der Waals surface area contributed by atoms with Crippen LogP contribution in [0.5, 0.6) is 0 Å². The summed E-state index contributed by atoms with van der Waals surface area (Å²) in [6, 6.07) is 9.35. The number of benzene rings is 1. The van der Waals surface area contributed by atoms with Crippen molar-refractivity contribution in [3.05, 3.63) is 42.7 Å². The van der Waals surface area contributed by atoms with Crippen LogP contribution >= 0.6 is 12.4 Å². The van der Waals surface area contributed by atoms with Crippen molar-refractivity contribution in [2.75, 3.05) is 33.4 Å². The van der Waals surface area contributed by atoms with Crippen LogP contribution < -0.4 is 10.0 Å². The molecular formula is C14H21ClN4O3S. The Kier molecular flexibility index (Phi) is 8.21. The monoisotopic (exact) mass is 360 g/mol. The Morgan fingerprint density at radius 1 is 1.17 bits per heavy atom. The lowest BCUT2D eigenvalue weighted by atomic mass is 10.3. The quantitative estimate of drug-likeness (QED) is 0.646. The van der Waals surface area contributed by atoms with Gasteiger partial charge in [-0.25, -0.2) is 17.8 Å². The van der Waals surface area contributed by atoms with Gasteiger partial charge in [-0.15, -0.1) is 12.4 Å². The summed E-state index contributed by atoms with van der Waals surface area (Å²) in [5, 5.41) is 7.16. The van der Waals surface area contributed by atoms with Crippen molar-refractivity contribution < 1.29 is 13.2 Å². The summed E-state index contributed by atoms with van der Waals surface area (Å²) >= 11 is 0. The molecule has 1 heterocycles. The molecule has 0 fully saturated rings. The number of nitrogens with one attached hydrogen (secondary N) is 2. The largest absolute Gasteiger partial charge is 0.383 e. The summed E-state index contributed by atoms with van der Waals surface area (Å²) < 4.78 is 33.3. The second kappa shape index (κ2) is 9.64. The molecule has 1 aromatic heterocycles. The molecule has 0 amide bonds. The molecule has 0 atom stereocenters. The summed E-state index contributed by atoms with van der Waals surface area (Å²) in [6.45, 7) is 2.12. The van der Waals surface area contributed by atoms with Crippen molar-refractivity contribution in [2.24, 2.45) is 0 Å². The van der Waals surface area contributed by atoms with Gasteiger partial charge in [-0.2, -0.15) is 5.10 Å². The summed E-state index contributed by atoms with van der Waals surface area (Å²) in [5.41, 5.74) is 0.810. The van der Waals surface area contributed by atoms with Crippen molar-refractivity contribution in [3.63, 3.8) is 0 Å². The Morgan fingerprint density at radius 3 is 2.61 bits per heavy atom. The smallest absolute Gasteiger partial charge is 0.243 e. The van der Waals surface area contributed by atoms with Crippen molar-refractivity contribution in [1.29, 1.82) is 0 Å². The molecule has 2 rings (SSSR count). The maximum atomic E-state index is 12.1. The Labute approximate surface area is 142 Å². The zero-order chi connectivity index (χ0) is 15.8. The molecule has 0 saturated carbocycles. The predicted molar refractivity (Wildman–Crippen MR) is 90.7 cm³/mol. The van der Waals surface area contributed by atoms with Crippen LogP contribution in [0.2, 0.25) is 0 Å². The predicted octanol–water partition coefficient (Wildman–Crippen LogP) is 0.808. The lowest BCUT2D eigenvalue weighted by Crippen LogP contribution is -2.33. The van der Waals surface area contributed by atoms with Crippen LogP contribution in [-0.2, 0) is 14.8 Å². The van der Waals surface area contributed by atoms with Gasteiger partial charge in [0.15, 0.2) is 0 Å². The van der Waals surface area contributed by atoms with Crippen LogP contribution in [0.1, 0.15) is 0 Å². The molecule has 2 aromatic rings. The van der Waals surface area contributed by atoms with Crippen LogP contribution in [0.4, 0.5) is 0 Å². The Hall–Kier alpha value is -1.45. The van der Waals surface area contributed by atoms with Crippen LogP contribution in [0.25, 0.3) is 5.69 Å². The molecule has 1 aromatic carbocycles. The first-order valence-corrected chi connectivity index (χ1v) is 8.41. The number of sulfonamides is 1. The Morgan fingerprint density at radius 2 is 1.91 bits per heavy atom. The summed E-state index contributed by atoms with van der Waals surface area (Å²) in [6.07, 6.45) is 2.84. The van der Waals surface area contributed by atoms with Gasteiger partial charge < -0.3 is 10.1 Å². The molecule has 0 saturated heterocycles. The topological polar surface area (TPSA) is 85.2 Å². The number of para-hydroxylation sites is 1. The standard InChI is InChI=1S/C14H20N4O3S.ClH/c1-21-10-9-15-7-8-17-22(19,20)14-11-16-18(12-14)13-5-3-2-4-6-13;/h2-6,11-12,15,17H,7-10H2,1H3;1H. The fraction of sp³-hybridized carbons (Fsp3) is 0.357. The average molecular weight is 361 g/mol. The van der Waals surface area contributed by atoms with E-state index in [-0.39, 0.29) is 17.3 Å². The zero-order valence-corrected chi connectivity index (χ0v) is 14.4. The lowest BCUT2D eigenvalue weighted by Gasteiger charge is -2.06. The Bertz CT molecular complexity index is 676. The van der Waals surface area contributed by atoms with Gasteiger partial charge in [-0.1, -0.05) is 18.2 Å². The minimum Gasteiger partial charge on any atom is -0.383 e. The van der Waals surface area contributed by atoms with E-state index in [0.717, 1.165) is 5.69 Å². The molecule has 0 aliphatic rings. The minimum atomic E-state index is -3.54. The molecule has 0 spiro atoms. The summed E-state index contributed by atoms with van der Waals surface area (Å²) in [7, 11) is -1.92. The molecule has 2 N–H and O–H groups in total. The van der Waals surface area contributed by atoms with E-state index in [4.69, 9.17) is 4.74 Å². The Balaban J connectivity index is 0.00000264. The number of halogens is 1. The van der Waals surface area contributed by atoms with Crippen LogP contribution in [0.15, 0.2) is 47.6 Å². The van der Waals surface area contributed by atoms with E-state index in [1.807, 2.05) is 30.3 Å². The third-order valence-electron chi connectivity index (χ3n) is 2.97. The van der Waals surface area contributed by atoms with Crippen molar-refractivity contribution in [2.45, 2.75) is 4.90 Å². The van der Waals surface area contributed by atoms with E-state index in [2.05, 4.69) is 15.1 Å². The first-order chi connectivity index (χ1) is 10.6. The summed E-state index contributed by atoms with van der Waals surface area (Å²) in [5.74, 6) is 0. The first-order valence-electron chi connectivity index (χ1n) is 6.93. The molecule has 128 valence electrons. The molecule has 9 heteroatoms. The molecule has 0 unspecified atom stereocenters. The fourth-order valence-electron chi connectivity index (χ4n) is 1.82. The molecule has 0 radical (unpaired) electrons. The van der Waals surface area contributed by atoms with Crippen LogP contribution in [0, 0.1) is 0 Å². The van der Waals surface area contributed by atoms with Gasteiger partial charge in [0.2, 0.25) is 10.0 Å². The third-order valence-corrected chi connectivity index (χ3v) is 4.38. The third kappa shape index (κ3) is 5.92. The molecule has 7 nitrogen and oxygen atoms in total. The van der Waals surface area contributed by atoms with E-state index < -0.39 is 10.0 Å². The number of rotatable bonds is 9. The van der Waals surface area contributed by atoms with Gasteiger partial charge in [0.05, 0.1) is 24.7 Å². The SMILES string of the molecule is COCCNCCNS(=O)(=O)c1cnn(-c2ccccc2)c1.Cl. The minimum absolute atomic E-state index is 0. The van der Waals surface area contributed by atoms with Crippen LogP contribution in [0.3, 0.4) is 0 Å². The van der Waals surface area contributed by atoms with E-state index >= 15 is 0 Å². The highest BCUT2D eigenvalue weighted by atomic mass is 35.5. The second-order valence-corrected chi connectivity index (χ2v) is 6.36. The molecule has 23 heavy (non-hydrogen) atoms. The van der Waals surface area contributed by atoms with Gasteiger partial charge in [-0.05, 0) is 12.1 Å².